The average Bonchev–Trinajstić information content (AvgIpc) is 2.51. The van der Waals surface area contributed by atoms with E-state index in [4.69, 9.17) is 22.9 Å². The summed E-state index contributed by atoms with van der Waals surface area (Å²) < 4.78 is 1.59. The van der Waals surface area contributed by atoms with Crippen molar-refractivity contribution in [2.75, 3.05) is 22.9 Å². The zero-order valence-electron chi connectivity index (χ0n) is 9.86. The van der Waals surface area contributed by atoms with Gasteiger partial charge in [-0.3, -0.25) is 4.68 Å². The molecule has 0 radical (unpaired) electrons. The first-order chi connectivity index (χ1) is 7.93. The van der Waals surface area contributed by atoms with Crippen LogP contribution in [0.3, 0.4) is 0 Å². The van der Waals surface area contributed by atoms with Crippen molar-refractivity contribution in [3.8, 4) is 11.1 Å². The molecule has 0 amide bonds. The van der Waals surface area contributed by atoms with Crippen molar-refractivity contribution in [3.05, 3.63) is 17.8 Å². The van der Waals surface area contributed by atoms with Gasteiger partial charge in [0.15, 0.2) is 0 Å². The third kappa shape index (κ3) is 1.54. The SMILES string of the molecule is Cc1nn(C)c(N)c1-c1c(N)ccc(N)c1N. The van der Waals surface area contributed by atoms with Gasteiger partial charge < -0.3 is 22.9 Å². The van der Waals surface area contributed by atoms with Crippen molar-refractivity contribution in [2.45, 2.75) is 6.92 Å². The minimum atomic E-state index is 0.438. The molecule has 6 nitrogen and oxygen atoms in total. The average molecular weight is 232 g/mol. The van der Waals surface area contributed by atoms with Crippen LogP contribution in [0.25, 0.3) is 11.1 Å². The Kier molecular flexibility index (Phi) is 2.35. The van der Waals surface area contributed by atoms with Gasteiger partial charge in [0.05, 0.1) is 22.6 Å². The molecule has 8 N–H and O–H groups in total. The second-order valence-electron chi connectivity index (χ2n) is 4.00. The largest absolute Gasteiger partial charge is 0.398 e. The van der Waals surface area contributed by atoms with Crippen LogP contribution < -0.4 is 22.9 Å². The van der Waals surface area contributed by atoms with Crippen LogP contribution in [0, 0.1) is 6.92 Å². The number of nitrogens with two attached hydrogens (primary N) is 4. The number of aromatic nitrogens is 2. The molecule has 0 aliphatic carbocycles. The van der Waals surface area contributed by atoms with Gasteiger partial charge in [0.1, 0.15) is 5.82 Å². The van der Waals surface area contributed by atoms with Crippen molar-refractivity contribution in [1.29, 1.82) is 0 Å². The van der Waals surface area contributed by atoms with E-state index in [1.165, 1.54) is 0 Å². The van der Waals surface area contributed by atoms with Crippen LogP contribution in [0.15, 0.2) is 12.1 Å². The van der Waals surface area contributed by atoms with Crippen LogP contribution in [-0.2, 0) is 7.05 Å². The Hall–Kier alpha value is -2.37. The minimum absolute atomic E-state index is 0.438. The summed E-state index contributed by atoms with van der Waals surface area (Å²) in [4.78, 5) is 0. The molecule has 0 aliphatic rings. The van der Waals surface area contributed by atoms with Crippen molar-refractivity contribution < 1.29 is 0 Å². The van der Waals surface area contributed by atoms with Gasteiger partial charge in [0, 0.05) is 18.3 Å². The Labute approximate surface area is 99.2 Å². The summed E-state index contributed by atoms with van der Waals surface area (Å²) in [5.74, 6) is 0.520. The van der Waals surface area contributed by atoms with E-state index in [0.717, 1.165) is 11.3 Å². The monoisotopic (exact) mass is 232 g/mol. The molecule has 0 saturated carbocycles. The Morgan fingerprint density at radius 1 is 1.00 bits per heavy atom. The van der Waals surface area contributed by atoms with Crippen LogP contribution in [0.2, 0.25) is 0 Å². The van der Waals surface area contributed by atoms with E-state index in [2.05, 4.69) is 5.10 Å². The number of benzene rings is 1. The molecule has 0 aliphatic heterocycles. The molecule has 1 aromatic carbocycles. The molecular formula is C11H16N6. The number of rotatable bonds is 1. The molecule has 2 aromatic rings. The van der Waals surface area contributed by atoms with E-state index in [-0.39, 0.29) is 0 Å². The molecule has 90 valence electrons. The van der Waals surface area contributed by atoms with Crippen molar-refractivity contribution in [3.63, 3.8) is 0 Å². The number of hydrogen-bond acceptors (Lipinski definition) is 5. The van der Waals surface area contributed by atoms with Crippen molar-refractivity contribution in [1.82, 2.24) is 9.78 Å². The summed E-state index contributed by atoms with van der Waals surface area (Å²) in [5.41, 5.74) is 27.3. The highest BCUT2D eigenvalue weighted by atomic mass is 15.3. The number of anilines is 4. The van der Waals surface area contributed by atoms with E-state index in [9.17, 15) is 0 Å². The summed E-state index contributed by atoms with van der Waals surface area (Å²) in [6.45, 7) is 1.85. The summed E-state index contributed by atoms with van der Waals surface area (Å²) in [6.07, 6.45) is 0. The number of nitrogens with zero attached hydrogens (tertiary/aromatic N) is 2. The smallest absolute Gasteiger partial charge is 0.129 e. The van der Waals surface area contributed by atoms with E-state index in [0.29, 0.717) is 28.4 Å². The van der Waals surface area contributed by atoms with Crippen LogP contribution in [-0.4, -0.2) is 9.78 Å². The van der Waals surface area contributed by atoms with E-state index >= 15 is 0 Å². The van der Waals surface area contributed by atoms with Gasteiger partial charge in [-0.2, -0.15) is 5.10 Å². The minimum Gasteiger partial charge on any atom is -0.398 e. The normalized spacial score (nSPS) is 10.7. The maximum absolute atomic E-state index is 5.97. The fourth-order valence-corrected chi connectivity index (χ4v) is 1.92. The first-order valence-corrected chi connectivity index (χ1v) is 5.16. The molecule has 0 saturated heterocycles. The second kappa shape index (κ2) is 3.58. The maximum atomic E-state index is 5.97. The lowest BCUT2D eigenvalue weighted by atomic mass is 10.0. The van der Waals surface area contributed by atoms with E-state index < -0.39 is 0 Å². The first kappa shape index (κ1) is 11.1. The summed E-state index contributed by atoms with van der Waals surface area (Å²) >= 11 is 0. The lowest BCUT2D eigenvalue weighted by molar-refractivity contribution is 0.767. The predicted octanol–water partition coefficient (Wildman–Crippen LogP) is 0.724. The molecule has 0 spiro atoms. The molecular weight excluding hydrogens is 216 g/mol. The van der Waals surface area contributed by atoms with Gasteiger partial charge in [0.2, 0.25) is 0 Å². The van der Waals surface area contributed by atoms with Gasteiger partial charge in [-0.1, -0.05) is 0 Å². The number of aryl methyl sites for hydroxylation is 2. The highest BCUT2D eigenvalue weighted by molar-refractivity contribution is 5.96. The van der Waals surface area contributed by atoms with Crippen LogP contribution in [0.4, 0.5) is 22.9 Å². The van der Waals surface area contributed by atoms with Crippen molar-refractivity contribution >= 4 is 22.9 Å². The molecule has 6 heteroatoms. The zero-order valence-corrected chi connectivity index (χ0v) is 9.86. The summed E-state index contributed by atoms with van der Waals surface area (Å²) in [5, 5.41) is 4.24. The fraction of sp³-hybridized carbons (Fsp3) is 0.182. The lowest BCUT2D eigenvalue weighted by Gasteiger charge is -2.11. The summed E-state index contributed by atoms with van der Waals surface area (Å²) in [7, 11) is 1.77. The molecule has 0 atom stereocenters. The quantitative estimate of drug-likeness (QED) is 0.540. The number of nitrogen functional groups attached to an aromatic ring is 4. The molecule has 2 rings (SSSR count). The molecule has 0 fully saturated rings. The van der Waals surface area contributed by atoms with Crippen LogP contribution in [0.5, 0.6) is 0 Å². The third-order valence-electron chi connectivity index (χ3n) is 2.83. The van der Waals surface area contributed by atoms with Gasteiger partial charge in [-0.25, -0.2) is 0 Å². The molecule has 1 heterocycles. The molecule has 0 bridgehead atoms. The zero-order chi connectivity index (χ0) is 12.7. The maximum Gasteiger partial charge on any atom is 0.129 e. The highest BCUT2D eigenvalue weighted by Crippen LogP contribution is 2.39. The van der Waals surface area contributed by atoms with E-state index in [1.54, 1.807) is 23.9 Å². The van der Waals surface area contributed by atoms with Crippen molar-refractivity contribution in [2.24, 2.45) is 7.05 Å². The Morgan fingerprint density at radius 3 is 2.12 bits per heavy atom. The Bertz CT molecular complexity index is 584. The molecule has 1 aromatic heterocycles. The standard InChI is InChI=1S/C11H16N6/c1-5-8(11(15)17(2)16-5)9-6(12)3-4-7(13)10(9)14/h3-4H,12-15H2,1-2H3. The first-order valence-electron chi connectivity index (χ1n) is 5.16. The topological polar surface area (TPSA) is 122 Å². The summed E-state index contributed by atoms with van der Waals surface area (Å²) in [6, 6.07) is 3.39. The lowest BCUT2D eigenvalue weighted by Crippen LogP contribution is -2.03. The van der Waals surface area contributed by atoms with Gasteiger partial charge in [-0.15, -0.1) is 0 Å². The molecule has 17 heavy (non-hydrogen) atoms. The second-order valence-corrected chi connectivity index (χ2v) is 4.00. The fourth-order valence-electron chi connectivity index (χ4n) is 1.92. The highest BCUT2D eigenvalue weighted by Gasteiger charge is 2.18. The predicted molar refractivity (Wildman–Crippen MR) is 71.0 cm³/mol. The van der Waals surface area contributed by atoms with Crippen LogP contribution >= 0.6 is 0 Å². The number of hydrogen-bond donors (Lipinski definition) is 4. The third-order valence-corrected chi connectivity index (χ3v) is 2.83. The van der Waals surface area contributed by atoms with E-state index in [1.807, 2.05) is 6.92 Å². The Morgan fingerprint density at radius 2 is 1.59 bits per heavy atom. The molecule has 0 unspecified atom stereocenters. The Balaban J connectivity index is 2.81. The van der Waals surface area contributed by atoms with Gasteiger partial charge in [-0.05, 0) is 19.1 Å². The van der Waals surface area contributed by atoms with Crippen LogP contribution in [0.1, 0.15) is 5.69 Å². The van der Waals surface area contributed by atoms with Gasteiger partial charge in [0.25, 0.3) is 0 Å². The van der Waals surface area contributed by atoms with Gasteiger partial charge >= 0.3 is 0 Å².